The molecule has 1 aliphatic heterocycles. The Morgan fingerprint density at radius 2 is 2.00 bits per heavy atom. The molecule has 0 aromatic carbocycles. The average Bonchev–Trinajstić information content (AvgIpc) is 2.39. The van der Waals surface area contributed by atoms with Gasteiger partial charge in [0.25, 0.3) is 0 Å². The van der Waals surface area contributed by atoms with Crippen LogP contribution in [-0.4, -0.2) is 59.6 Å². The summed E-state index contributed by atoms with van der Waals surface area (Å²) in [6.07, 6.45) is 6.67. The Morgan fingerprint density at radius 3 is 2.56 bits per heavy atom. The fourth-order valence-electron chi connectivity index (χ4n) is 2.34. The van der Waals surface area contributed by atoms with Gasteiger partial charge >= 0.3 is 0 Å². The number of aliphatic hydroxyl groups excluding tert-OH is 1. The monoisotopic (exact) mass is 252 g/mol. The molecule has 1 atom stereocenters. The average molecular weight is 252 g/mol. The van der Waals surface area contributed by atoms with Crippen LogP contribution in [0.4, 0.5) is 0 Å². The van der Waals surface area contributed by atoms with Crippen molar-refractivity contribution in [2.45, 2.75) is 25.3 Å². The Labute approximate surface area is 110 Å². The largest absolute Gasteiger partial charge is 0.395 e. The van der Waals surface area contributed by atoms with Crippen molar-refractivity contribution in [1.82, 2.24) is 9.80 Å². The van der Waals surface area contributed by atoms with Crippen molar-refractivity contribution >= 4 is 5.91 Å². The number of carbonyl (C=O) groups excluding carboxylic acids is 1. The van der Waals surface area contributed by atoms with Crippen molar-refractivity contribution in [2.75, 3.05) is 32.8 Å². The molecule has 0 saturated carbocycles. The van der Waals surface area contributed by atoms with Gasteiger partial charge in [-0.2, -0.15) is 0 Å². The lowest BCUT2D eigenvalue weighted by molar-refractivity contribution is -0.132. The van der Waals surface area contributed by atoms with Crippen LogP contribution in [0.2, 0.25) is 0 Å². The van der Waals surface area contributed by atoms with Gasteiger partial charge in [0.15, 0.2) is 0 Å². The summed E-state index contributed by atoms with van der Waals surface area (Å²) in [5.41, 5.74) is 0. The SMILES string of the molecule is C=CCN(CC=C)C(=O)CN1CCCC[C@@H]1CO. The zero-order valence-electron chi connectivity index (χ0n) is 11.1. The zero-order valence-corrected chi connectivity index (χ0v) is 11.1. The molecular formula is C14H24N2O2. The number of hydrogen-bond acceptors (Lipinski definition) is 3. The van der Waals surface area contributed by atoms with E-state index in [-0.39, 0.29) is 18.6 Å². The molecule has 1 amide bonds. The van der Waals surface area contributed by atoms with Crippen molar-refractivity contribution in [3.63, 3.8) is 0 Å². The molecule has 1 N–H and O–H groups in total. The molecular weight excluding hydrogens is 228 g/mol. The molecule has 0 aromatic rings. The van der Waals surface area contributed by atoms with Crippen molar-refractivity contribution in [1.29, 1.82) is 0 Å². The molecule has 1 rings (SSSR count). The van der Waals surface area contributed by atoms with Crippen LogP contribution < -0.4 is 0 Å². The van der Waals surface area contributed by atoms with E-state index in [0.29, 0.717) is 19.6 Å². The number of amides is 1. The summed E-state index contributed by atoms with van der Waals surface area (Å²) in [7, 11) is 0. The highest BCUT2D eigenvalue weighted by Crippen LogP contribution is 2.16. The maximum atomic E-state index is 12.2. The van der Waals surface area contributed by atoms with Gasteiger partial charge in [-0.15, -0.1) is 13.2 Å². The lowest BCUT2D eigenvalue weighted by Gasteiger charge is -2.35. The molecule has 1 fully saturated rings. The first-order valence-electron chi connectivity index (χ1n) is 6.57. The Morgan fingerprint density at radius 1 is 1.33 bits per heavy atom. The lowest BCUT2D eigenvalue weighted by Crippen LogP contribution is -2.48. The van der Waals surface area contributed by atoms with E-state index in [4.69, 9.17) is 0 Å². The van der Waals surface area contributed by atoms with Gasteiger partial charge in [-0.1, -0.05) is 18.6 Å². The van der Waals surface area contributed by atoms with Crippen LogP contribution >= 0.6 is 0 Å². The molecule has 0 spiro atoms. The summed E-state index contributed by atoms with van der Waals surface area (Å²) in [6.45, 7) is 9.82. The molecule has 0 bridgehead atoms. The standard InChI is InChI=1S/C14H24N2O2/c1-3-8-15(9-4-2)14(18)11-16-10-6-5-7-13(16)12-17/h3-4,13,17H,1-2,5-12H2/t13-/m1/s1. The first kappa shape index (κ1) is 14.9. The van der Waals surface area contributed by atoms with E-state index in [0.717, 1.165) is 25.8 Å². The third-order valence-corrected chi connectivity index (χ3v) is 3.35. The van der Waals surface area contributed by atoms with Crippen LogP contribution in [0.15, 0.2) is 25.3 Å². The van der Waals surface area contributed by atoms with E-state index >= 15 is 0 Å². The molecule has 0 aliphatic carbocycles. The van der Waals surface area contributed by atoms with Crippen molar-refractivity contribution in [2.24, 2.45) is 0 Å². The van der Waals surface area contributed by atoms with E-state index < -0.39 is 0 Å². The van der Waals surface area contributed by atoms with Gasteiger partial charge in [0.1, 0.15) is 0 Å². The summed E-state index contributed by atoms with van der Waals surface area (Å²) in [4.78, 5) is 16.0. The third kappa shape index (κ3) is 4.27. The first-order chi connectivity index (χ1) is 8.72. The quantitative estimate of drug-likeness (QED) is 0.688. The van der Waals surface area contributed by atoms with Gasteiger partial charge < -0.3 is 10.0 Å². The Balaban J connectivity index is 2.54. The fourth-order valence-corrected chi connectivity index (χ4v) is 2.34. The van der Waals surface area contributed by atoms with Gasteiger partial charge in [0.05, 0.1) is 13.2 Å². The molecule has 1 aliphatic rings. The molecule has 1 saturated heterocycles. The zero-order chi connectivity index (χ0) is 13.4. The number of aliphatic hydroxyl groups is 1. The number of likely N-dealkylation sites (tertiary alicyclic amines) is 1. The Kier molecular flexibility index (Phi) is 6.68. The highest BCUT2D eigenvalue weighted by Gasteiger charge is 2.24. The predicted octanol–water partition coefficient (Wildman–Crippen LogP) is 1.03. The molecule has 0 aromatic heterocycles. The smallest absolute Gasteiger partial charge is 0.237 e. The van der Waals surface area contributed by atoms with E-state index in [2.05, 4.69) is 18.1 Å². The minimum absolute atomic E-state index is 0.0788. The Hall–Kier alpha value is -1.13. The third-order valence-electron chi connectivity index (χ3n) is 3.35. The minimum atomic E-state index is 0.0788. The van der Waals surface area contributed by atoms with Crippen LogP contribution in [0.3, 0.4) is 0 Å². The lowest BCUT2D eigenvalue weighted by atomic mass is 10.0. The topological polar surface area (TPSA) is 43.8 Å². The van der Waals surface area contributed by atoms with Crippen molar-refractivity contribution < 1.29 is 9.90 Å². The second-order valence-electron chi connectivity index (χ2n) is 4.68. The highest BCUT2D eigenvalue weighted by atomic mass is 16.3. The molecule has 0 radical (unpaired) electrons. The normalized spacial score (nSPS) is 20.4. The molecule has 4 heteroatoms. The molecule has 18 heavy (non-hydrogen) atoms. The Bertz CT molecular complexity index is 282. The van der Waals surface area contributed by atoms with Gasteiger partial charge in [0.2, 0.25) is 5.91 Å². The first-order valence-corrected chi connectivity index (χ1v) is 6.57. The van der Waals surface area contributed by atoms with E-state index in [9.17, 15) is 9.90 Å². The second kappa shape index (κ2) is 8.06. The maximum Gasteiger partial charge on any atom is 0.237 e. The summed E-state index contributed by atoms with van der Waals surface area (Å²) >= 11 is 0. The van der Waals surface area contributed by atoms with Crippen molar-refractivity contribution in [3.8, 4) is 0 Å². The van der Waals surface area contributed by atoms with Crippen LogP contribution in [0.5, 0.6) is 0 Å². The predicted molar refractivity (Wildman–Crippen MR) is 73.3 cm³/mol. The number of hydrogen-bond donors (Lipinski definition) is 1. The highest BCUT2D eigenvalue weighted by molar-refractivity contribution is 5.78. The number of rotatable bonds is 7. The second-order valence-corrected chi connectivity index (χ2v) is 4.68. The van der Waals surface area contributed by atoms with E-state index in [1.165, 1.54) is 0 Å². The molecule has 1 heterocycles. The van der Waals surface area contributed by atoms with Crippen LogP contribution in [0, 0.1) is 0 Å². The number of piperidine rings is 1. The maximum absolute atomic E-state index is 12.2. The molecule has 4 nitrogen and oxygen atoms in total. The van der Waals surface area contributed by atoms with Gasteiger partial charge in [0, 0.05) is 19.1 Å². The van der Waals surface area contributed by atoms with Crippen LogP contribution in [-0.2, 0) is 4.79 Å². The number of nitrogens with zero attached hydrogens (tertiary/aromatic N) is 2. The summed E-state index contributed by atoms with van der Waals surface area (Å²) in [5.74, 6) is 0.0788. The van der Waals surface area contributed by atoms with Crippen LogP contribution in [0.25, 0.3) is 0 Å². The van der Waals surface area contributed by atoms with Gasteiger partial charge in [-0.05, 0) is 19.4 Å². The molecule has 0 unspecified atom stereocenters. The fraction of sp³-hybridized carbons (Fsp3) is 0.643. The minimum Gasteiger partial charge on any atom is -0.395 e. The summed E-state index contributed by atoms with van der Waals surface area (Å²) in [5, 5.41) is 9.32. The van der Waals surface area contributed by atoms with Gasteiger partial charge in [-0.25, -0.2) is 0 Å². The summed E-state index contributed by atoms with van der Waals surface area (Å²) in [6, 6.07) is 0.136. The number of carbonyl (C=O) groups is 1. The van der Waals surface area contributed by atoms with Crippen molar-refractivity contribution in [3.05, 3.63) is 25.3 Å². The van der Waals surface area contributed by atoms with E-state index in [1.807, 2.05) is 0 Å². The summed E-state index contributed by atoms with van der Waals surface area (Å²) < 4.78 is 0. The van der Waals surface area contributed by atoms with Gasteiger partial charge in [-0.3, -0.25) is 9.69 Å². The van der Waals surface area contributed by atoms with Crippen LogP contribution in [0.1, 0.15) is 19.3 Å². The van der Waals surface area contributed by atoms with E-state index in [1.54, 1.807) is 17.1 Å². The molecule has 102 valence electrons.